The lowest BCUT2D eigenvalue weighted by molar-refractivity contribution is -0.137. The van der Waals surface area contributed by atoms with Gasteiger partial charge in [0.1, 0.15) is 11.5 Å². The predicted octanol–water partition coefficient (Wildman–Crippen LogP) is 2.36. The molecule has 0 atom stereocenters. The molecule has 1 aliphatic rings. The molecule has 0 aliphatic carbocycles. The summed E-state index contributed by atoms with van der Waals surface area (Å²) in [6.45, 7) is 5.67. The molecule has 1 fully saturated rings. The highest BCUT2D eigenvalue weighted by Crippen LogP contribution is 2.26. The normalized spacial score (nSPS) is 14.8. The molecular formula is C22H35N3O4. The molecule has 1 heterocycles. The number of methoxy groups -OCH3 is 2. The van der Waals surface area contributed by atoms with E-state index in [2.05, 4.69) is 11.8 Å². The minimum absolute atomic E-state index is 0.00684. The standard InChI is InChI=1S/C22H35N3O4/c1-6-9-24(13-12-23(2)3)21(26)17-7-10-25(11-8-17)22(27)18-14-19(28-4)16-20(15-18)29-5/h14-17H,6-13H2,1-5H3. The number of carbonyl (C=O) groups is 2. The fraction of sp³-hybridized carbons (Fsp3) is 0.636. The average Bonchev–Trinajstić information content (AvgIpc) is 2.75. The highest BCUT2D eigenvalue weighted by molar-refractivity contribution is 5.95. The van der Waals surface area contributed by atoms with Crippen molar-refractivity contribution >= 4 is 11.8 Å². The molecule has 1 aromatic carbocycles. The zero-order valence-corrected chi connectivity index (χ0v) is 18.4. The van der Waals surface area contributed by atoms with Crippen LogP contribution >= 0.6 is 0 Å². The zero-order chi connectivity index (χ0) is 21.4. The summed E-state index contributed by atoms with van der Waals surface area (Å²) in [6.07, 6.45) is 2.36. The Labute approximate surface area is 174 Å². The summed E-state index contributed by atoms with van der Waals surface area (Å²) < 4.78 is 10.5. The maximum Gasteiger partial charge on any atom is 0.254 e. The van der Waals surface area contributed by atoms with Gasteiger partial charge in [0.05, 0.1) is 14.2 Å². The van der Waals surface area contributed by atoms with E-state index >= 15 is 0 Å². The van der Waals surface area contributed by atoms with E-state index in [1.807, 2.05) is 23.9 Å². The monoisotopic (exact) mass is 405 g/mol. The van der Waals surface area contributed by atoms with Crippen LogP contribution in [0.5, 0.6) is 11.5 Å². The van der Waals surface area contributed by atoms with Gasteiger partial charge in [-0.2, -0.15) is 0 Å². The number of amides is 2. The molecule has 162 valence electrons. The van der Waals surface area contributed by atoms with Crippen molar-refractivity contribution in [3.8, 4) is 11.5 Å². The third-order valence-corrected chi connectivity index (χ3v) is 5.35. The van der Waals surface area contributed by atoms with Gasteiger partial charge in [-0.1, -0.05) is 6.92 Å². The second-order valence-electron chi connectivity index (χ2n) is 7.80. The van der Waals surface area contributed by atoms with Crippen LogP contribution in [0.3, 0.4) is 0 Å². The Morgan fingerprint density at radius 3 is 2.07 bits per heavy atom. The topological polar surface area (TPSA) is 62.3 Å². The number of carbonyl (C=O) groups excluding carboxylic acids is 2. The molecule has 0 saturated carbocycles. The number of nitrogens with zero attached hydrogens (tertiary/aromatic N) is 3. The van der Waals surface area contributed by atoms with E-state index in [0.717, 1.165) is 26.1 Å². The summed E-state index contributed by atoms with van der Waals surface area (Å²) in [5.41, 5.74) is 0.546. The fourth-order valence-corrected chi connectivity index (χ4v) is 3.62. The molecule has 29 heavy (non-hydrogen) atoms. The van der Waals surface area contributed by atoms with E-state index in [1.165, 1.54) is 0 Å². The first-order chi connectivity index (χ1) is 13.9. The van der Waals surface area contributed by atoms with Gasteiger partial charge >= 0.3 is 0 Å². The Morgan fingerprint density at radius 1 is 1.00 bits per heavy atom. The van der Waals surface area contributed by atoms with Gasteiger partial charge in [-0.3, -0.25) is 9.59 Å². The number of rotatable bonds is 9. The summed E-state index contributed by atoms with van der Waals surface area (Å²) in [4.78, 5) is 31.8. The van der Waals surface area contributed by atoms with Crippen molar-refractivity contribution in [2.24, 2.45) is 5.92 Å². The van der Waals surface area contributed by atoms with E-state index in [4.69, 9.17) is 9.47 Å². The molecule has 1 aromatic rings. The van der Waals surface area contributed by atoms with E-state index in [1.54, 1.807) is 32.4 Å². The van der Waals surface area contributed by atoms with Crippen LogP contribution in [0.2, 0.25) is 0 Å². The average molecular weight is 406 g/mol. The van der Waals surface area contributed by atoms with Gasteiger partial charge in [-0.05, 0) is 45.5 Å². The number of hydrogen-bond acceptors (Lipinski definition) is 5. The lowest BCUT2D eigenvalue weighted by Gasteiger charge is -2.34. The van der Waals surface area contributed by atoms with Gasteiger partial charge < -0.3 is 24.2 Å². The van der Waals surface area contributed by atoms with Crippen LogP contribution < -0.4 is 9.47 Å². The molecule has 2 amide bonds. The fourth-order valence-electron chi connectivity index (χ4n) is 3.62. The van der Waals surface area contributed by atoms with Crippen molar-refractivity contribution in [3.63, 3.8) is 0 Å². The van der Waals surface area contributed by atoms with Crippen LogP contribution in [-0.4, -0.2) is 87.6 Å². The number of piperidine rings is 1. The van der Waals surface area contributed by atoms with E-state index in [0.29, 0.717) is 43.0 Å². The van der Waals surface area contributed by atoms with Gasteiger partial charge in [-0.15, -0.1) is 0 Å². The molecule has 0 unspecified atom stereocenters. The molecule has 2 rings (SSSR count). The maximum absolute atomic E-state index is 13.0. The second-order valence-corrected chi connectivity index (χ2v) is 7.80. The second kappa shape index (κ2) is 11.0. The van der Waals surface area contributed by atoms with Crippen molar-refractivity contribution in [2.45, 2.75) is 26.2 Å². The molecule has 0 radical (unpaired) electrons. The Bertz CT molecular complexity index is 662. The Kier molecular flexibility index (Phi) is 8.76. The lowest BCUT2D eigenvalue weighted by Crippen LogP contribution is -2.46. The SMILES string of the molecule is CCCN(CCN(C)C)C(=O)C1CCN(C(=O)c2cc(OC)cc(OC)c2)CC1. The maximum atomic E-state index is 13.0. The lowest BCUT2D eigenvalue weighted by atomic mass is 9.94. The van der Waals surface area contributed by atoms with Crippen LogP contribution in [0.25, 0.3) is 0 Å². The summed E-state index contributed by atoms with van der Waals surface area (Å²) in [6, 6.07) is 5.20. The van der Waals surface area contributed by atoms with Crippen molar-refractivity contribution < 1.29 is 19.1 Å². The van der Waals surface area contributed by atoms with Crippen LogP contribution in [0.15, 0.2) is 18.2 Å². The van der Waals surface area contributed by atoms with E-state index in [-0.39, 0.29) is 17.7 Å². The summed E-state index contributed by atoms with van der Waals surface area (Å²) in [5.74, 6) is 1.35. The molecule has 0 N–H and O–H groups in total. The van der Waals surface area contributed by atoms with Gasteiger partial charge in [0.25, 0.3) is 5.91 Å². The molecule has 7 heteroatoms. The van der Waals surface area contributed by atoms with Crippen molar-refractivity contribution in [3.05, 3.63) is 23.8 Å². The third kappa shape index (κ3) is 6.35. The molecule has 0 spiro atoms. The quantitative estimate of drug-likeness (QED) is 0.631. The van der Waals surface area contributed by atoms with Crippen LogP contribution in [0, 0.1) is 5.92 Å². The first-order valence-corrected chi connectivity index (χ1v) is 10.4. The Hall–Kier alpha value is -2.28. The predicted molar refractivity (Wildman–Crippen MR) is 114 cm³/mol. The summed E-state index contributed by atoms with van der Waals surface area (Å²) in [7, 11) is 7.18. The number of ether oxygens (including phenoxy) is 2. The van der Waals surface area contributed by atoms with Gasteiger partial charge in [0.2, 0.25) is 5.91 Å². The third-order valence-electron chi connectivity index (χ3n) is 5.35. The number of likely N-dealkylation sites (N-methyl/N-ethyl adjacent to an activating group) is 1. The number of likely N-dealkylation sites (tertiary alicyclic amines) is 1. The molecule has 1 aliphatic heterocycles. The summed E-state index contributed by atoms with van der Waals surface area (Å²) in [5, 5.41) is 0. The van der Waals surface area contributed by atoms with Gasteiger partial charge in [0, 0.05) is 50.3 Å². The van der Waals surface area contributed by atoms with Crippen molar-refractivity contribution in [1.82, 2.24) is 14.7 Å². The Balaban J connectivity index is 1.98. The van der Waals surface area contributed by atoms with E-state index < -0.39 is 0 Å². The largest absolute Gasteiger partial charge is 0.497 e. The molecule has 1 saturated heterocycles. The first kappa shape index (κ1) is 23.0. The number of benzene rings is 1. The van der Waals surface area contributed by atoms with Gasteiger partial charge in [0.15, 0.2) is 0 Å². The summed E-state index contributed by atoms with van der Waals surface area (Å²) >= 11 is 0. The Morgan fingerprint density at radius 2 is 1.59 bits per heavy atom. The molecule has 0 bridgehead atoms. The minimum atomic E-state index is -0.0499. The molecular weight excluding hydrogens is 370 g/mol. The zero-order valence-electron chi connectivity index (χ0n) is 18.4. The van der Waals surface area contributed by atoms with Crippen LogP contribution in [-0.2, 0) is 4.79 Å². The highest BCUT2D eigenvalue weighted by atomic mass is 16.5. The molecule has 7 nitrogen and oxygen atoms in total. The van der Waals surface area contributed by atoms with Crippen LogP contribution in [0.1, 0.15) is 36.5 Å². The van der Waals surface area contributed by atoms with E-state index in [9.17, 15) is 9.59 Å². The van der Waals surface area contributed by atoms with Crippen molar-refractivity contribution in [2.75, 3.05) is 61.0 Å². The first-order valence-electron chi connectivity index (χ1n) is 10.4. The minimum Gasteiger partial charge on any atom is -0.497 e. The van der Waals surface area contributed by atoms with Crippen LogP contribution in [0.4, 0.5) is 0 Å². The molecule has 0 aromatic heterocycles. The van der Waals surface area contributed by atoms with Gasteiger partial charge in [-0.25, -0.2) is 0 Å². The smallest absolute Gasteiger partial charge is 0.254 e. The highest BCUT2D eigenvalue weighted by Gasteiger charge is 2.30. The number of hydrogen-bond donors (Lipinski definition) is 0. The van der Waals surface area contributed by atoms with Crippen molar-refractivity contribution in [1.29, 1.82) is 0 Å².